The summed E-state index contributed by atoms with van der Waals surface area (Å²) in [4.78, 5) is 37.8. The molecule has 4 atom stereocenters. The zero-order chi connectivity index (χ0) is 25.3. The standard InChI is InChI=1S/C29H42O6/c1-2-3-4-5-12-17-24(31)35-26-25(32)28(20-18-23(30)29(26,21-28)27(33)34)19-13-7-6-9-14-22-15-10-8-11-16-22/h8,10-11,15-16,25-26,32H,2-7,9,12-14,17-21H2,1H3,(H,33,34)/t25-,26+,28+,29-/m0/s1. The van der Waals surface area contributed by atoms with Crippen molar-refractivity contribution in [2.75, 3.05) is 0 Å². The zero-order valence-electron chi connectivity index (χ0n) is 21.2. The maximum Gasteiger partial charge on any atom is 0.321 e. The van der Waals surface area contributed by atoms with E-state index in [1.54, 1.807) is 0 Å². The Hall–Kier alpha value is -2.21. The van der Waals surface area contributed by atoms with Crippen LogP contribution in [0, 0.1) is 10.8 Å². The largest absolute Gasteiger partial charge is 0.480 e. The highest BCUT2D eigenvalue weighted by Gasteiger charge is 2.71. The van der Waals surface area contributed by atoms with Gasteiger partial charge in [-0.1, -0.05) is 82.2 Å². The summed E-state index contributed by atoms with van der Waals surface area (Å²) < 4.78 is 5.61. The molecule has 6 heteroatoms. The number of unbranched alkanes of at least 4 members (excludes halogenated alkanes) is 7. The molecule has 0 amide bonds. The van der Waals surface area contributed by atoms with Gasteiger partial charge in [-0.2, -0.15) is 0 Å². The summed E-state index contributed by atoms with van der Waals surface area (Å²) in [6.45, 7) is 2.12. The van der Waals surface area contributed by atoms with Gasteiger partial charge in [-0.25, -0.2) is 0 Å². The number of hydrogen-bond donors (Lipinski definition) is 2. The Morgan fingerprint density at radius 2 is 1.69 bits per heavy atom. The van der Waals surface area contributed by atoms with E-state index in [0.29, 0.717) is 19.3 Å². The number of aliphatic carboxylic acids is 1. The van der Waals surface area contributed by atoms with Crippen LogP contribution in [0.15, 0.2) is 30.3 Å². The Balaban J connectivity index is 1.57. The number of benzene rings is 1. The van der Waals surface area contributed by atoms with Crippen molar-refractivity contribution in [2.45, 2.75) is 115 Å². The van der Waals surface area contributed by atoms with Crippen LogP contribution in [0.5, 0.6) is 0 Å². The van der Waals surface area contributed by atoms with Crippen LogP contribution in [-0.2, 0) is 25.5 Å². The number of ether oxygens (including phenoxy) is 1. The lowest BCUT2D eigenvalue weighted by Crippen LogP contribution is -2.50. The number of carboxylic acid groups (broad SMARTS) is 1. The number of aliphatic hydroxyl groups is 1. The van der Waals surface area contributed by atoms with E-state index in [-0.39, 0.29) is 19.3 Å². The first kappa shape index (κ1) is 27.4. The van der Waals surface area contributed by atoms with Gasteiger partial charge in [-0.3, -0.25) is 14.4 Å². The second-order valence-corrected chi connectivity index (χ2v) is 10.7. The van der Waals surface area contributed by atoms with Crippen LogP contribution in [0.3, 0.4) is 0 Å². The van der Waals surface area contributed by atoms with E-state index in [9.17, 15) is 24.6 Å². The number of Topliss-reactive ketones (excluding diaryl/α,β-unsaturated/α-hetero) is 1. The van der Waals surface area contributed by atoms with E-state index in [0.717, 1.165) is 57.8 Å². The number of carboxylic acids is 1. The monoisotopic (exact) mass is 486 g/mol. The van der Waals surface area contributed by atoms with E-state index in [1.807, 2.05) is 18.2 Å². The maximum atomic E-state index is 12.9. The van der Waals surface area contributed by atoms with E-state index >= 15 is 0 Å². The normalized spacial score (nSPS) is 27.7. The average molecular weight is 487 g/mol. The summed E-state index contributed by atoms with van der Waals surface area (Å²) in [6, 6.07) is 10.4. The molecule has 2 aliphatic rings. The van der Waals surface area contributed by atoms with Crippen molar-refractivity contribution < 1.29 is 29.3 Å². The van der Waals surface area contributed by atoms with E-state index < -0.39 is 40.8 Å². The summed E-state index contributed by atoms with van der Waals surface area (Å²) >= 11 is 0. The van der Waals surface area contributed by atoms with Gasteiger partial charge in [0.2, 0.25) is 0 Å². The van der Waals surface area contributed by atoms with Crippen molar-refractivity contribution in [3.8, 4) is 0 Å². The van der Waals surface area contributed by atoms with E-state index in [4.69, 9.17) is 4.74 Å². The van der Waals surface area contributed by atoms with Crippen LogP contribution in [0.25, 0.3) is 0 Å². The minimum Gasteiger partial charge on any atom is -0.480 e. The second kappa shape index (κ2) is 12.7. The summed E-state index contributed by atoms with van der Waals surface area (Å²) in [6.07, 6.45) is 8.89. The highest BCUT2D eigenvalue weighted by Crippen LogP contribution is 2.60. The first-order valence-corrected chi connectivity index (χ1v) is 13.5. The Kier molecular flexibility index (Phi) is 9.90. The molecule has 1 aromatic rings. The van der Waals surface area contributed by atoms with Crippen molar-refractivity contribution in [3.05, 3.63) is 35.9 Å². The van der Waals surface area contributed by atoms with Gasteiger partial charge in [0.05, 0.1) is 6.10 Å². The molecule has 2 saturated carbocycles. The highest BCUT2D eigenvalue weighted by molar-refractivity contribution is 6.05. The third-order valence-electron chi connectivity index (χ3n) is 8.24. The van der Waals surface area contributed by atoms with Gasteiger partial charge in [-0.15, -0.1) is 0 Å². The fraction of sp³-hybridized carbons (Fsp3) is 0.690. The molecule has 2 aliphatic carbocycles. The van der Waals surface area contributed by atoms with Crippen LogP contribution in [0.2, 0.25) is 0 Å². The van der Waals surface area contributed by atoms with Crippen molar-refractivity contribution >= 4 is 17.7 Å². The summed E-state index contributed by atoms with van der Waals surface area (Å²) in [5.41, 5.74) is -1.18. The smallest absolute Gasteiger partial charge is 0.321 e. The number of carbonyl (C=O) groups is 3. The third-order valence-corrected chi connectivity index (χ3v) is 8.24. The number of carbonyl (C=O) groups excluding carboxylic acids is 2. The maximum absolute atomic E-state index is 12.9. The molecule has 0 spiro atoms. The van der Waals surface area contributed by atoms with Gasteiger partial charge in [0.1, 0.15) is 0 Å². The SMILES string of the molecule is CCCCCCCC(=O)O[C@@H]1[C@H](O)[C@]2(CCCCCCc3ccccc3)CCC(=O)[C@@]1(C(=O)O)C2. The minimum atomic E-state index is -1.82. The van der Waals surface area contributed by atoms with Crippen LogP contribution in [0.1, 0.15) is 102 Å². The van der Waals surface area contributed by atoms with Crippen LogP contribution in [-0.4, -0.2) is 40.1 Å². The van der Waals surface area contributed by atoms with E-state index in [1.165, 1.54) is 5.56 Å². The molecule has 3 rings (SSSR count). The van der Waals surface area contributed by atoms with Crippen LogP contribution >= 0.6 is 0 Å². The number of fused-ring (bicyclic) bond motifs is 2. The third kappa shape index (κ3) is 6.32. The lowest BCUT2D eigenvalue weighted by atomic mass is 9.66. The molecule has 0 heterocycles. The second-order valence-electron chi connectivity index (χ2n) is 10.7. The van der Waals surface area contributed by atoms with Crippen molar-refractivity contribution in [1.29, 1.82) is 0 Å². The summed E-state index contributed by atoms with van der Waals surface area (Å²) in [7, 11) is 0. The summed E-state index contributed by atoms with van der Waals surface area (Å²) in [5.74, 6) is -2.20. The van der Waals surface area contributed by atoms with Gasteiger partial charge in [0.15, 0.2) is 17.3 Å². The van der Waals surface area contributed by atoms with Gasteiger partial charge in [-0.05, 0) is 44.1 Å². The van der Waals surface area contributed by atoms with Gasteiger partial charge >= 0.3 is 11.9 Å². The molecule has 0 saturated heterocycles. The number of rotatable bonds is 15. The molecule has 194 valence electrons. The Morgan fingerprint density at radius 3 is 2.40 bits per heavy atom. The zero-order valence-corrected chi connectivity index (χ0v) is 21.2. The number of aryl methyl sites for hydroxylation is 1. The first-order chi connectivity index (χ1) is 16.9. The molecule has 0 unspecified atom stereocenters. The van der Waals surface area contributed by atoms with Crippen molar-refractivity contribution in [3.63, 3.8) is 0 Å². The molecular weight excluding hydrogens is 444 g/mol. The molecule has 6 nitrogen and oxygen atoms in total. The van der Waals surface area contributed by atoms with Crippen molar-refractivity contribution in [2.24, 2.45) is 10.8 Å². The molecular formula is C29H42O6. The van der Waals surface area contributed by atoms with Gasteiger partial charge in [0, 0.05) is 18.3 Å². The average Bonchev–Trinajstić information content (AvgIpc) is 3.05. The van der Waals surface area contributed by atoms with Crippen molar-refractivity contribution in [1.82, 2.24) is 0 Å². The molecule has 1 aromatic carbocycles. The Labute approximate surface area is 209 Å². The summed E-state index contributed by atoms with van der Waals surface area (Å²) in [5, 5.41) is 21.4. The quantitative estimate of drug-likeness (QED) is 0.189. The lowest BCUT2D eigenvalue weighted by Gasteiger charge is -2.36. The minimum absolute atomic E-state index is 0.0633. The van der Waals surface area contributed by atoms with E-state index in [2.05, 4.69) is 19.1 Å². The molecule has 35 heavy (non-hydrogen) atoms. The molecule has 2 fully saturated rings. The molecule has 0 radical (unpaired) electrons. The molecule has 0 aliphatic heterocycles. The van der Waals surface area contributed by atoms with Gasteiger partial charge < -0.3 is 14.9 Å². The fourth-order valence-electron chi connectivity index (χ4n) is 6.15. The fourth-order valence-corrected chi connectivity index (χ4v) is 6.15. The number of aliphatic hydroxyl groups excluding tert-OH is 1. The first-order valence-electron chi connectivity index (χ1n) is 13.5. The number of esters is 1. The Morgan fingerprint density at radius 1 is 1.00 bits per heavy atom. The number of ketones is 1. The van der Waals surface area contributed by atoms with Crippen LogP contribution < -0.4 is 0 Å². The topological polar surface area (TPSA) is 101 Å². The molecule has 0 aromatic heterocycles. The highest BCUT2D eigenvalue weighted by atomic mass is 16.6. The van der Waals surface area contributed by atoms with Crippen LogP contribution in [0.4, 0.5) is 0 Å². The molecule has 2 N–H and O–H groups in total. The predicted molar refractivity (Wildman–Crippen MR) is 134 cm³/mol. The lowest BCUT2D eigenvalue weighted by molar-refractivity contribution is -0.175. The predicted octanol–water partition coefficient (Wildman–Crippen LogP) is 5.64. The molecule has 2 bridgehead atoms. The number of hydrogen-bond acceptors (Lipinski definition) is 5. The van der Waals surface area contributed by atoms with Gasteiger partial charge in [0.25, 0.3) is 0 Å². The Bertz CT molecular complexity index is 852.